The van der Waals surface area contributed by atoms with Gasteiger partial charge in [0.25, 0.3) is 11.6 Å². The molecule has 0 saturated carbocycles. The molecule has 0 spiro atoms. The molecular formula is C16H18F3N3O4. The molecular weight excluding hydrogens is 355 g/mol. The zero-order valence-electron chi connectivity index (χ0n) is 14.0. The summed E-state index contributed by atoms with van der Waals surface area (Å²) in [7, 11) is 0. The normalized spacial score (nSPS) is 15.6. The molecule has 1 aromatic carbocycles. The summed E-state index contributed by atoms with van der Waals surface area (Å²) < 4.78 is 36.5. The van der Waals surface area contributed by atoms with Gasteiger partial charge in [0.1, 0.15) is 6.54 Å². The van der Waals surface area contributed by atoms with Crippen molar-refractivity contribution in [1.29, 1.82) is 0 Å². The highest BCUT2D eigenvalue weighted by Crippen LogP contribution is 2.25. The lowest BCUT2D eigenvalue weighted by Gasteiger charge is -2.31. The first kappa shape index (κ1) is 19.7. The molecule has 142 valence electrons. The van der Waals surface area contributed by atoms with Crippen LogP contribution in [0.5, 0.6) is 0 Å². The predicted octanol–water partition coefficient (Wildman–Crippen LogP) is 2.43. The monoisotopic (exact) mass is 373 g/mol. The van der Waals surface area contributed by atoms with Gasteiger partial charge in [-0.15, -0.1) is 0 Å². The van der Waals surface area contributed by atoms with E-state index in [0.29, 0.717) is 0 Å². The Morgan fingerprint density at radius 2 is 1.92 bits per heavy atom. The van der Waals surface area contributed by atoms with E-state index >= 15 is 0 Å². The molecule has 0 aromatic heterocycles. The zero-order valence-corrected chi connectivity index (χ0v) is 14.0. The van der Waals surface area contributed by atoms with E-state index in [1.807, 2.05) is 5.32 Å². The van der Waals surface area contributed by atoms with Gasteiger partial charge in [0.15, 0.2) is 0 Å². The van der Waals surface area contributed by atoms with Crippen molar-refractivity contribution in [1.82, 2.24) is 10.2 Å². The summed E-state index contributed by atoms with van der Waals surface area (Å²) in [5, 5.41) is 12.8. The summed E-state index contributed by atoms with van der Waals surface area (Å²) in [5.41, 5.74) is 0.309. The number of carbonyl (C=O) groups excluding carboxylic acids is 2. The minimum atomic E-state index is -4.47. The molecule has 1 saturated heterocycles. The Balaban J connectivity index is 1.98. The number of nitrogens with one attached hydrogen (secondary N) is 1. The van der Waals surface area contributed by atoms with Gasteiger partial charge in [0, 0.05) is 36.2 Å². The SMILES string of the molecule is Cc1c(C(=O)N2CCC(C(=O)NCC(F)(F)F)CC2)cccc1[N+](=O)[O-]. The van der Waals surface area contributed by atoms with Gasteiger partial charge in [0.05, 0.1) is 4.92 Å². The topological polar surface area (TPSA) is 92.6 Å². The molecule has 1 fully saturated rings. The van der Waals surface area contributed by atoms with Gasteiger partial charge >= 0.3 is 6.18 Å². The number of alkyl halides is 3. The molecule has 1 aromatic rings. The van der Waals surface area contributed by atoms with Gasteiger partial charge in [0.2, 0.25) is 5.91 Å². The molecule has 2 rings (SSSR count). The van der Waals surface area contributed by atoms with Crippen LogP contribution in [0.3, 0.4) is 0 Å². The van der Waals surface area contributed by atoms with Crippen molar-refractivity contribution in [2.45, 2.75) is 25.9 Å². The fourth-order valence-electron chi connectivity index (χ4n) is 2.90. The summed E-state index contributed by atoms with van der Waals surface area (Å²) in [6, 6.07) is 4.23. The number of nitro groups is 1. The largest absolute Gasteiger partial charge is 0.405 e. The standard InChI is InChI=1S/C16H18F3N3O4/c1-10-12(3-2-4-13(10)22(25)26)15(24)21-7-5-11(6-8-21)14(23)20-9-16(17,18)19/h2-4,11H,5-9H2,1H3,(H,20,23). The predicted molar refractivity (Wildman–Crippen MR) is 85.5 cm³/mol. The van der Waals surface area contributed by atoms with E-state index in [0.717, 1.165) is 0 Å². The van der Waals surface area contributed by atoms with E-state index in [4.69, 9.17) is 0 Å². The molecule has 0 bridgehead atoms. The lowest BCUT2D eigenvalue weighted by molar-refractivity contribution is -0.385. The number of benzene rings is 1. The number of likely N-dealkylation sites (tertiary alicyclic amines) is 1. The third-order valence-corrected chi connectivity index (χ3v) is 4.35. The Bertz CT molecular complexity index is 713. The first-order valence-electron chi connectivity index (χ1n) is 7.98. The van der Waals surface area contributed by atoms with E-state index in [-0.39, 0.29) is 48.7 Å². The second-order valence-electron chi connectivity index (χ2n) is 6.11. The Hall–Kier alpha value is -2.65. The van der Waals surface area contributed by atoms with Crippen LogP contribution in [0.2, 0.25) is 0 Å². The molecule has 0 unspecified atom stereocenters. The van der Waals surface area contributed by atoms with Crippen LogP contribution in [0.4, 0.5) is 18.9 Å². The maximum atomic E-state index is 12.6. The molecule has 1 aliphatic rings. The number of nitro benzene ring substituents is 1. The summed E-state index contributed by atoms with van der Waals surface area (Å²) in [6.07, 6.45) is -3.99. The van der Waals surface area contributed by atoms with Crippen molar-refractivity contribution >= 4 is 17.5 Å². The van der Waals surface area contributed by atoms with Gasteiger partial charge < -0.3 is 10.2 Å². The first-order valence-corrected chi connectivity index (χ1v) is 7.98. The van der Waals surface area contributed by atoms with Gasteiger partial charge in [-0.3, -0.25) is 19.7 Å². The average Bonchev–Trinajstić information content (AvgIpc) is 2.58. The summed E-state index contributed by atoms with van der Waals surface area (Å²) in [5.74, 6) is -1.66. The molecule has 1 aliphatic heterocycles. The fraction of sp³-hybridized carbons (Fsp3) is 0.500. The minimum Gasteiger partial charge on any atom is -0.347 e. The van der Waals surface area contributed by atoms with Crippen molar-refractivity contribution in [2.75, 3.05) is 19.6 Å². The number of hydrogen-bond donors (Lipinski definition) is 1. The molecule has 7 nitrogen and oxygen atoms in total. The molecule has 0 atom stereocenters. The van der Waals surface area contributed by atoms with E-state index in [1.54, 1.807) is 0 Å². The molecule has 0 aliphatic carbocycles. The number of halogens is 3. The van der Waals surface area contributed by atoms with E-state index in [1.165, 1.54) is 30.0 Å². The van der Waals surface area contributed by atoms with Crippen LogP contribution in [0.25, 0.3) is 0 Å². The minimum absolute atomic E-state index is 0.155. The molecule has 0 radical (unpaired) electrons. The highest BCUT2D eigenvalue weighted by Gasteiger charge is 2.32. The smallest absolute Gasteiger partial charge is 0.347 e. The van der Waals surface area contributed by atoms with Crippen LogP contribution in [-0.4, -0.2) is 47.4 Å². The molecule has 10 heteroatoms. The maximum Gasteiger partial charge on any atom is 0.405 e. The Kier molecular flexibility index (Phi) is 5.83. The van der Waals surface area contributed by atoms with Gasteiger partial charge in [-0.05, 0) is 25.8 Å². The summed E-state index contributed by atoms with van der Waals surface area (Å²) in [6.45, 7) is 0.511. The van der Waals surface area contributed by atoms with E-state index < -0.39 is 29.5 Å². The van der Waals surface area contributed by atoms with Crippen LogP contribution in [-0.2, 0) is 4.79 Å². The fourth-order valence-corrected chi connectivity index (χ4v) is 2.90. The molecule has 26 heavy (non-hydrogen) atoms. The maximum absolute atomic E-state index is 12.6. The third-order valence-electron chi connectivity index (χ3n) is 4.35. The van der Waals surface area contributed by atoms with E-state index in [9.17, 15) is 32.9 Å². The lowest BCUT2D eigenvalue weighted by atomic mass is 9.95. The lowest BCUT2D eigenvalue weighted by Crippen LogP contribution is -2.44. The van der Waals surface area contributed by atoms with Crippen molar-refractivity contribution < 1.29 is 27.7 Å². The van der Waals surface area contributed by atoms with Gasteiger partial charge in [-0.1, -0.05) is 6.07 Å². The Labute approximate surface area is 147 Å². The average molecular weight is 373 g/mol. The highest BCUT2D eigenvalue weighted by atomic mass is 19.4. The molecule has 2 amide bonds. The van der Waals surface area contributed by atoms with Crippen LogP contribution >= 0.6 is 0 Å². The van der Waals surface area contributed by atoms with Gasteiger partial charge in [-0.25, -0.2) is 0 Å². The van der Waals surface area contributed by atoms with E-state index in [2.05, 4.69) is 0 Å². The van der Waals surface area contributed by atoms with Crippen molar-refractivity contribution in [3.8, 4) is 0 Å². The van der Waals surface area contributed by atoms with Crippen molar-refractivity contribution in [2.24, 2.45) is 5.92 Å². The number of hydrogen-bond acceptors (Lipinski definition) is 4. The van der Waals surface area contributed by atoms with Crippen LogP contribution in [0.15, 0.2) is 18.2 Å². The zero-order chi connectivity index (χ0) is 19.5. The number of rotatable bonds is 4. The van der Waals surface area contributed by atoms with Crippen molar-refractivity contribution in [3.05, 3.63) is 39.4 Å². The Morgan fingerprint density at radius 3 is 2.46 bits per heavy atom. The second-order valence-corrected chi connectivity index (χ2v) is 6.11. The van der Waals surface area contributed by atoms with Crippen LogP contribution in [0.1, 0.15) is 28.8 Å². The summed E-state index contributed by atoms with van der Waals surface area (Å²) >= 11 is 0. The summed E-state index contributed by atoms with van der Waals surface area (Å²) in [4.78, 5) is 36.2. The number of carbonyl (C=O) groups is 2. The molecule has 1 heterocycles. The van der Waals surface area contributed by atoms with Crippen LogP contribution < -0.4 is 5.32 Å². The highest BCUT2D eigenvalue weighted by molar-refractivity contribution is 5.96. The first-order chi connectivity index (χ1) is 12.1. The number of piperidine rings is 1. The van der Waals surface area contributed by atoms with Crippen molar-refractivity contribution in [3.63, 3.8) is 0 Å². The quantitative estimate of drug-likeness (QED) is 0.648. The molecule has 1 N–H and O–H groups in total. The third kappa shape index (κ3) is 4.70. The second kappa shape index (κ2) is 7.71. The Morgan fingerprint density at radius 1 is 1.31 bits per heavy atom. The number of nitrogens with zero attached hydrogens (tertiary/aromatic N) is 2. The van der Waals surface area contributed by atoms with Crippen LogP contribution in [0, 0.1) is 23.0 Å². The van der Waals surface area contributed by atoms with Gasteiger partial charge in [-0.2, -0.15) is 13.2 Å². The number of amides is 2.